The lowest BCUT2D eigenvalue weighted by molar-refractivity contribution is -0.116. The van der Waals surface area contributed by atoms with Gasteiger partial charge in [-0.15, -0.1) is 0 Å². The van der Waals surface area contributed by atoms with Crippen LogP contribution in [0.15, 0.2) is 65.6 Å². The first-order chi connectivity index (χ1) is 15.9. The molecule has 10 nitrogen and oxygen atoms in total. The monoisotopic (exact) mass is 503 g/mol. The summed E-state index contributed by atoms with van der Waals surface area (Å²) in [4.78, 5) is 20.9. The van der Waals surface area contributed by atoms with Crippen LogP contribution in [-0.4, -0.2) is 45.0 Å². The van der Waals surface area contributed by atoms with Gasteiger partial charge < -0.3 is 5.32 Å². The minimum absolute atomic E-state index is 0.0366. The molecule has 1 atom stereocenters. The maximum absolute atomic E-state index is 12.8. The van der Waals surface area contributed by atoms with Crippen molar-refractivity contribution in [2.75, 3.05) is 20.6 Å². The van der Waals surface area contributed by atoms with Crippen molar-refractivity contribution in [3.05, 3.63) is 72.1 Å². The van der Waals surface area contributed by atoms with E-state index < -0.39 is 32.0 Å². The van der Waals surface area contributed by atoms with E-state index in [-0.39, 0.29) is 10.8 Å². The lowest BCUT2D eigenvalue weighted by Gasteiger charge is -2.28. The Bertz CT molecular complexity index is 1370. The third kappa shape index (κ3) is 6.08. The molecule has 3 aromatic rings. The Morgan fingerprint density at radius 2 is 1.47 bits per heavy atom. The second-order valence-corrected chi connectivity index (χ2v) is 11.2. The first-order valence-corrected chi connectivity index (χ1v) is 13.5. The lowest BCUT2D eigenvalue weighted by Crippen LogP contribution is -2.45. The smallest absolute Gasteiger partial charge is 0.264 e. The van der Waals surface area contributed by atoms with E-state index in [1.807, 2.05) is 0 Å². The van der Waals surface area contributed by atoms with E-state index in [2.05, 4.69) is 20.0 Å². The molecule has 0 radical (unpaired) electrons. The number of sulfonamides is 2. The number of hydrogen-bond acceptors (Lipinski definition) is 7. The number of aromatic nitrogens is 2. The van der Waals surface area contributed by atoms with Gasteiger partial charge in [0.1, 0.15) is 6.04 Å². The highest BCUT2D eigenvalue weighted by atomic mass is 32.2. The van der Waals surface area contributed by atoms with E-state index in [9.17, 15) is 21.6 Å². The summed E-state index contributed by atoms with van der Waals surface area (Å²) < 4.78 is 53.4. The van der Waals surface area contributed by atoms with Crippen LogP contribution in [0.3, 0.4) is 0 Å². The van der Waals surface area contributed by atoms with Gasteiger partial charge >= 0.3 is 0 Å². The Morgan fingerprint density at radius 1 is 0.912 bits per heavy atom. The molecule has 0 bridgehead atoms. The van der Waals surface area contributed by atoms with Crippen molar-refractivity contribution in [2.24, 2.45) is 0 Å². The summed E-state index contributed by atoms with van der Waals surface area (Å²) in [5.74, 6) is -0.614. The van der Waals surface area contributed by atoms with Crippen molar-refractivity contribution in [3.8, 4) is 0 Å². The molecule has 0 saturated heterocycles. The van der Waals surface area contributed by atoms with Crippen LogP contribution in [0, 0.1) is 13.8 Å². The van der Waals surface area contributed by atoms with Crippen LogP contribution in [0.5, 0.6) is 0 Å². The van der Waals surface area contributed by atoms with E-state index in [0.29, 0.717) is 22.8 Å². The van der Waals surface area contributed by atoms with Crippen LogP contribution >= 0.6 is 0 Å². The van der Waals surface area contributed by atoms with Crippen molar-refractivity contribution in [1.82, 2.24) is 9.97 Å². The zero-order valence-electron chi connectivity index (χ0n) is 19.1. The molecule has 0 spiro atoms. The molecule has 1 amide bonds. The molecule has 0 saturated carbocycles. The van der Waals surface area contributed by atoms with Crippen LogP contribution in [0.25, 0.3) is 0 Å². The standard InChI is InChI=1S/C22H25N5O5S2/c1-15-14-16(2)24-22(23-15)26-34(31,32)20-12-10-18(11-13-20)25-21(28)17(3)27(33(4,29)30)19-8-6-5-7-9-19/h5-14,17H,1-4H3,(H,25,28)(H,23,24,26)/t17-/m0/s1. The summed E-state index contributed by atoms with van der Waals surface area (Å²) in [5, 5.41) is 2.62. The van der Waals surface area contributed by atoms with Gasteiger partial charge in [0.2, 0.25) is 21.9 Å². The van der Waals surface area contributed by atoms with E-state index in [1.54, 1.807) is 50.2 Å². The predicted octanol–water partition coefficient (Wildman–Crippen LogP) is 2.69. The first-order valence-electron chi connectivity index (χ1n) is 10.2. The third-order valence-corrected chi connectivity index (χ3v) is 7.32. The molecule has 0 aliphatic heterocycles. The van der Waals surface area contributed by atoms with Gasteiger partial charge in [0.25, 0.3) is 10.0 Å². The number of aryl methyl sites for hydroxylation is 2. The van der Waals surface area contributed by atoms with Gasteiger partial charge in [-0.25, -0.2) is 31.5 Å². The van der Waals surface area contributed by atoms with Gasteiger partial charge in [-0.05, 0) is 63.2 Å². The van der Waals surface area contributed by atoms with Crippen molar-refractivity contribution in [1.29, 1.82) is 0 Å². The van der Waals surface area contributed by atoms with Gasteiger partial charge in [0.05, 0.1) is 16.8 Å². The molecule has 0 aliphatic carbocycles. The maximum atomic E-state index is 12.8. The minimum Gasteiger partial charge on any atom is -0.324 e. The molecule has 0 aliphatic rings. The largest absolute Gasteiger partial charge is 0.324 e. The molecular weight excluding hydrogens is 478 g/mol. The fraction of sp³-hybridized carbons (Fsp3) is 0.227. The van der Waals surface area contributed by atoms with Crippen molar-refractivity contribution < 1.29 is 21.6 Å². The molecule has 12 heteroatoms. The highest BCUT2D eigenvalue weighted by Gasteiger charge is 2.29. The van der Waals surface area contributed by atoms with Crippen LogP contribution in [0.4, 0.5) is 17.3 Å². The summed E-state index contributed by atoms with van der Waals surface area (Å²) in [6, 6.07) is 14.4. The average molecular weight is 504 g/mol. The van der Waals surface area contributed by atoms with Gasteiger partial charge in [-0.3, -0.25) is 9.10 Å². The van der Waals surface area contributed by atoms with E-state index in [4.69, 9.17) is 0 Å². The molecule has 2 N–H and O–H groups in total. The van der Waals surface area contributed by atoms with Gasteiger partial charge in [-0.2, -0.15) is 0 Å². The number of benzene rings is 2. The number of nitrogens with one attached hydrogen (secondary N) is 2. The van der Waals surface area contributed by atoms with Crippen molar-refractivity contribution in [2.45, 2.75) is 31.7 Å². The number of carbonyl (C=O) groups excluding carboxylic acids is 1. The van der Waals surface area contributed by atoms with Crippen molar-refractivity contribution >= 4 is 43.3 Å². The van der Waals surface area contributed by atoms with Crippen LogP contribution in [-0.2, 0) is 24.8 Å². The summed E-state index contributed by atoms with van der Waals surface area (Å²) >= 11 is 0. The minimum atomic E-state index is -3.95. The third-order valence-electron chi connectivity index (χ3n) is 4.74. The quantitative estimate of drug-likeness (QED) is 0.482. The van der Waals surface area contributed by atoms with E-state index in [1.165, 1.54) is 31.2 Å². The zero-order valence-corrected chi connectivity index (χ0v) is 20.7. The second-order valence-electron chi connectivity index (χ2n) is 7.66. The normalized spacial score (nSPS) is 12.6. The summed E-state index contributed by atoms with van der Waals surface area (Å²) in [5.41, 5.74) is 1.90. The molecule has 2 aromatic carbocycles. The van der Waals surface area contributed by atoms with Crippen molar-refractivity contribution in [3.63, 3.8) is 0 Å². The lowest BCUT2D eigenvalue weighted by atomic mass is 10.2. The SMILES string of the molecule is Cc1cc(C)nc(NS(=O)(=O)c2ccc(NC(=O)[C@H](C)N(c3ccccc3)S(C)(=O)=O)cc2)n1. The predicted molar refractivity (Wildman–Crippen MR) is 131 cm³/mol. The topological polar surface area (TPSA) is 138 Å². The molecule has 34 heavy (non-hydrogen) atoms. The Balaban J connectivity index is 1.76. The fourth-order valence-electron chi connectivity index (χ4n) is 3.30. The van der Waals surface area contributed by atoms with Crippen LogP contribution in [0.1, 0.15) is 18.3 Å². The number of para-hydroxylation sites is 1. The van der Waals surface area contributed by atoms with Gasteiger partial charge in [-0.1, -0.05) is 18.2 Å². The number of rotatable bonds is 8. The van der Waals surface area contributed by atoms with Gasteiger partial charge in [0.15, 0.2) is 0 Å². The molecule has 180 valence electrons. The number of anilines is 3. The highest BCUT2D eigenvalue weighted by Crippen LogP contribution is 2.22. The number of amides is 1. The zero-order chi connectivity index (χ0) is 25.1. The Hall–Kier alpha value is -3.51. The molecule has 3 rings (SSSR count). The molecular formula is C22H25N5O5S2. The fourth-order valence-corrected chi connectivity index (χ4v) is 5.42. The summed E-state index contributed by atoms with van der Waals surface area (Å²) in [7, 11) is -7.70. The summed E-state index contributed by atoms with van der Waals surface area (Å²) in [6.07, 6.45) is 1.02. The van der Waals surface area contributed by atoms with E-state index in [0.717, 1.165) is 10.6 Å². The molecule has 1 heterocycles. The molecule has 0 unspecified atom stereocenters. The van der Waals surface area contributed by atoms with E-state index >= 15 is 0 Å². The van der Waals surface area contributed by atoms with Crippen LogP contribution in [0.2, 0.25) is 0 Å². The Kier molecular flexibility index (Phi) is 7.22. The van der Waals surface area contributed by atoms with Gasteiger partial charge in [0, 0.05) is 17.1 Å². The average Bonchev–Trinajstić information content (AvgIpc) is 2.73. The highest BCUT2D eigenvalue weighted by molar-refractivity contribution is 7.92. The molecule has 0 fully saturated rings. The number of nitrogens with zero attached hydrogens (tertiary/aromatic N) is 3. The maximum Gasteiger partial charge on any atom is 0.264 e. The number of carbonyl (C=O) groups is 1. The molecule has 1 aromatic heterocycles. The van der Waals surface area contributed by atoms with Crippen LogP contribution < -0.4 is 14.3 Å². The first kappa shape index (κ1) is 25.1. The number of hydrogen-bond donors (Lipinski definition) is 2. The Labute approximate surface area is 199 Å². The summed E-state index contributed by atoms with van der Waals surface area (Å²) in [6.45, 7) is 4.93. The Morgan fingerprint density at radius 3 is 2.00 bits per heavy atom. The second kappa shape index (κ2) is 9.77.